The lowest BCUT2D eigenvalue weighted by atomic mass is 9.98. The monoisotopic (exact) mass is 384 g/mol. The number of carbonyl (C=O) groups excluding carboxylic acids is 1. The molecule has 1 aliphatic carbocycles. The third-order valence-electron chi connectivity index (χ3n) is 5.15. The zero-order valence-electron chi connectivity index (χ0n) is 14.3. The van der Waals surface area contributed by atoms with Gasteiger partial charge in [0.05, 0.1) is 11.7 Å². The average molecular weight is 385 g/mol. The Morgan fingerprint density at radius 2 is 1.88 bits per heavy atom. The number of amides is 1. The molecule has 1 saturated carbocycles. The molecule has 0 bridgehead atoms. The van der Waals surface area contributed by atoms with Crippen molar-refractivity contribution in [3.05, 3.63) is 34.9 Å². The van der Waals surface area contributed by atoms with Crippen LogP contribution in [0.5, 0.6) is 0 Å². The van der Waals surface area contributed by atoms with Crippen molar-refractivity contribution < 1.29 is 13.2 Å². The predicted molar refractivity (Wildman–Crippen MR) is 98.8 cm³/mol. The maximum atomic E-state index is 12.8. The van der Waals surface area contributed by atoms with Crippen molar-refractivity contribution in [1.82, 2.24) is 9.62 Å². The SMILES string of the molecule is O=C(NC1CCCC1)[C@@H]1CCCN(S(=O)(=O)Cc2ccccc2Cl)C1. The summed E-state index contributed by atoms with van der Waals surface area (Å²) in [7, 11) is -3.48. The summed E-state index contributed by atoms with van der Waals surface area (Å²) < 4.78 is 27.0. The van der Waals surface area contributed by atoms with Crippen LogP contribution < -0.4 is 5.32 Å². The minimum atomic E-state index is -3.48. The quantitative estimate of drug-likeness (QED) is 0.848. The maximum Gasteiger partial charge on any atom is 0.224 e. The fourth-order valence-corrected chi connectivity index (χ4v) is 5.62. The van der Waals surface area contributed by atoms with Crippen LogP contribution in [0.15, 0.2) is 24.3 Å². The van der Waals surface area contributed by atoms with Crippen molar-refractivity contribution in [1.29, 1.82) is 0 Å². The van der Waals surface area contributed by atoms with Crippen LogP contribution in [0.4, 0.5) is 0 Å². The lowest BCUT2D eigenvalue weighted by Crippen LogP contribution is -2.47. The molecule has 2 fully saturated rings. The van der Waals surface area contributed by atoms with E-state index in [0.717, 1.165) is 32.1 Å². The Balaban J connectivity index is 1.63. The molecule has 1 N–H and O–H groups in total. The van der Waals surface area contributed by atoms with E-state index >= 15 is 0 Å². The second-order valence-corrected chi connectivity index (χ2v) is 9.41. The van der Waals surface area contributed by atoms with Crippen LogP contribution in [-0.4, -0.2) is 37.8 Å². The number of carbonyl (C=O) groups is 1. The van der Waals surface area contributed by atoms with E-state index in [9.17, 15) is 13.2 Å². The molecule has 2 aliphatic rings. The minimum Gasteiger partial charge on any atom is -0.353 e. The molecule has 5 nitrogen and oxygen atoms in total. The van der Waals surface area contributed by atoms with Crippen molar-refractivity contribution in [2.45, 2.75) is 50.3 Å². The molecule has 25 heavy (non-hydrogen) atoms. The molecule has 1 saturated heterocycles. The van der Waals surface area contributed by atoms with Crippen molar-refractivity contribution in [3.63, 3.8) is 0 Å². The Labute approximate surface area is 154 Å². The molecular weight excluding hydrogens is 360 g/mol. The number of hydrogen-bond acceptors (Lipinski definition) is 3. The Morgan fingerprint density at radius 1 is 1.16 bits per heavy atom. The van der Waals surface area contributed by atoms with Crippen LogP contribution in [0.25, 0.3) is 0 Å². The lowest BCUT2D eigenvalue weighted by molar-refractivity contribution is -0.126. The third kappa shape index (κ3) is 4.74. The van der Waals surface area contributed by atoms with Gasteiger partial charge in [0.15, 0.2) is 0 Å². The van der Waals surface area contributed by atoms with Crippen molar-refractivity contribution >= 4 is 27.5 Å². The smallest absolute Gasteiger partial charge is 0.224 e. The van der Waals surface area contributed by atoms with Crippen LogP contribution in [0.2, 0.25) is 5.02 Å². The first-order valence-corrected chi connectivity index (χ1v) is 11.0. The van der Waals surface area contributed by atoms with Crippen molar-refractivity contribution in [2.24, 2.45) is 5.92 Å². The number of piperidine rings is 1. The van der Waals surface area contributed by atoms with Gasteiger partial charge in [-0.15, -0.1) is 0 Å². The Kier molecular flexibility index (Phi) is 6.02. The second-order valence-electron chi connectivity index (χ2n) is 7.03. The molecular formula is C18H25ClN2O3S. The number of rotatable bonds is 5. The Bertz CT molecular complexity index is 717. The van der Waals surface area contributed by atoms with E-state index in [-0.39, 0.29) is 30.2 Å². The average Bonchev–Trinajstić information content (AvgIpc) is 3.10. The van der Waals surface area contributed by atoms with Gasteiger partial charge in [0.2, 0.25) is 15.9 Å². The summed E-state index contributed by atoms with van der Waals surface area (Å²) in [5, 5.41) is 3.55. The number of halogens is 1. The number of sulfonamides is 1. The Morgan fingerprint density at radius 3 is 2.60 bits per heavy atom. The highest BCUT2D eigenvalue weighted by molar-refractivity contribution is 7.88. The highest BCUT2D eigenvalue weighted by Crippen LogP contribution is 2.25. The maximum absolute atomic E-state index is 12.8. The number of hydrogen-bond donors (Lipinski definition) is 1. The molecule has 0 radical (unpaired) electrons. The fraction of sp³-hybridized carbons (Fsp3) is 0.611. The summed E-state index contributed by atoms with van der Waals surface area (Å²) in [5.74, 6) is -0.371. The third-order valence-corrected chi connectivity index (χ3v) is 7.31. The van der Waals surface area contributed by atoms with Gasteiger partial charge in [0.1, 0.15) is 0 Å². The van der Waals surface area contributed by atoms with E-state index in [2.05, 4.69) is 5.32 Å². The van der Waals surface area contributed by atoms with E-state index in [1.54, 1.807) is 24.3 Å². The van der Waals surface area contributed by atoms with E-state index in [4.69, 9.17) is 11.6 Å². The van der Waals surface area contributed by atoms with Crippen molar-refractivity contribution in [2.75, 3.05) is 13.1 Å². The molecule has 7 heteroatoms. The largest absolute Gasteiger partial charge is 0.353 e. The first kappa shape index (κ1) is 18.7. The van der Waals surface area contributed by atoms with Gasteiger partial charge in [-0.3, -0.25) is 4.79 Å². The molecule has 138 valence electrons. The topological polar surface area (TPSA) is 66.5 Å². The molecule has 1 amide bonds. The van der Waals surface area contributed by atoms with E-state index < -0.39 is 10.0 Å². The van der Waals surface area contributed by atoms with Crippen LogP contribution in [0, 0.1) is 5.92 Å². The minimum absolute atomic E-state index is 0.00421. The molecule has 1 aliphatic heterocycles. The van der Waals surface area contributed by atoms with Gasteiger partial charge >= 0.3 is 0 Å². The van der Waals surface area contributed by atoms with Crippen LogP contribution in [0.3, 0.4) is 0 Å². The highest BCUT2D eigenvalue weighted by Gasteiger charge is 2.33. The fourth-order valence-electron chi connectivity index (χ4n) is 3.70. The first-order valence-electron chi connectivity index (χ1n) is 8.97. The predicted octanol–water partition coefficient (Wildman–Crippen LogP) is 2.94. The molecule has 1 aromatic carbocycles. The van der Waals surface area contributed by atoms with Gasteiger partial charge in [-0.05, 0) is 37.3 Å². The number of benzene rings is 1. The second kappa shape index (κ2) is 8.06. The van der Waals surface area contributed by atoms with Gasteiger partial charge in [0, 0.05) is 24.2 Å². The first-order chi connectivity index (χ1) is 12.0. The van der Waals surface area contributed by atoms with Crippen molar-refractivity contribution in [3.8, 4) is 0 Å². The summed E-state index contributed by atoms with van der Waals surface area (Å²) in [6, 6.07) is 7.25. The molecule has 3 rings (SSSR count). The van der Waals surface area contributed by atoms with E-state index in [1.165, 1.54) is 4.31 Å². The van der Waals surface area contributed by atoms with Gasteiger partial charge in [-0.1, -0.05) is 42.6 Å². The number of nitrogens with zero attached hydrogens (tertiary/aromatic N) is 1. The molecule has 1 atom stereocenters. The summed E-state index contributed by atoms with van der Waals surface area (Å²) in [6.45, 7) is 0.741. The standard InChI is InChI=1S/C18H25ClN2O3S/c19-17-10-4-1-6-15(17)13-25(23,24)21-11-5-7-14(12-21)18(22)20-16-8-2-3-9-16/h1,4,6,10,14,16H,2-3,5,7-9,11-13H2,(H,20,22)/t14-/m1/s1. The zero-order valence-corrected chi connectivity index (χ0v) is 15.9. The van der Waals surface area contributed by atoms with Gasteiger partial charge in [-0.25, -0.2) is 12.7 Å². The normalized spacial score (nSPS) is 22.8. The number of nitrogens with one attached hydrogen (secondary N) is 1. The van der Waals surface area contributed by atoms with E-state index in [0.29, 0.717) is 23.6 Å². The summed E-state index contributed by atoms with van der Waals surface area (Å²) in [4.78, 5) is 12.5. The van der Waals surface area contributed by atoms with Gasteiger partial charge in [-0.2, -0.15) is 0 Å². The van der Waals surface area contributed by atoms with Gasteiger partial charge in [0.25, 0.3) is 0 Å². The van der Waals surface area contributed by atoms with Gasteiger partial charge < -0.3 is 5.32 Å². The highest BCUT2D eigenvalue weighted by atomic mass is 35.5. The molecule has 0 spiro atoms. The summed E-state index contributed by atoms with van der Waals surface area (Å²) in [6.07, 6.45) is 5.85. The van der Waals surface area contributed by atoms with E-state index in [1.807, 2.05) is 0 Å². The summed E-state index contributed by atoms with van der Waals surface area (Å²) >= 11 is 6.10. The zero-order chi connectivity index (χ0) is 17.9. The molecule has 1 aromatic rings. The molecule has 0 unspecified atom stereocenters. The lowest BCUT2D eigenvalue weighted by Gasteiger charge is -2.32. The Hall–Kier alpha value is -1.11. The van der Waals surface area contributed by atoms with Crippen LogP contribution in [0.1, 0.15) is 44.1 Å². The molecule has 0 aromatic heterocycles. The molecule has 1 heterocycles. The summed E-state index contributed by atoms with van der Waals surface area (Å²) in [5.41, 5.74) is 0.599. The van der Waals surface area contributed by atoms with Crippen LogP contribution in [-0.2, 0) is 20.6 Å². The van der Waals surface area contributed by atoms with Crippen LogP contribution >= 0.6 is 11.6 Å².